The molecule has 7 heteroatoms. The van der Waals surface area contributed by atoms with E-state index < -0.39 is 29.1 Å². The van der Waals surface area contributed by atoms with Crippen LogP contribution in [0.15, 0.2) is 11.0 Å². The number of carbonyl (C=O) groups is 1. The van der Waals surface area contributed by atoms with E-state index in [0.717, 1.165) is 7.11 Å². The van der Waals surface area contributed by atoms with Crippen molar-refractivity contribution in [2.75, 3.05) is 7.11 Å². The van der Waals surface area contributed by atoms with Gasteiger partial charge in [-0.2, -0.15) is 0 Å². The van der Waals surface area contributed by atoms with E-state index in [4.69, 9.17) is 0 Å². The second kappa shape index (κ2) is 5.20. The van der Waals surface area contributed by atoms with Gasteiger partial charge in [0.15, 0.2) is 5.43 Å². The first-order chi connectivity index (χ1) is 7.52. The molecule has 0 aliphatic heterocycles. The summed E-state index contributed by atoms with van der Waals surface area (Å²) in [7, 11) is 1.05. The highest BCUT2D eigenvalue weighted by atomic mass is 79.9. The number of hydrogen-bond acceptors (Lipinski definition) is 3. The molecule has 0 spiro atoms. The van der Waals surface area contributed by atoms with Crippen LogP contribution in [0.2, 0.25) is 0 Å². The minimum absolute atomic E-state index is 0.128. The SMILES string of the molecule is COC(=O)c1[nH]cc(CBr)c(=O)c1C(F)F. The summed E-state index contributed by atoms with van der Waals surface area (Å²) in [4.78, 5) is 25.0. The zero-order valence-electron chi connectivity index (χ0n) is 8.22. The zero-order valence-corrected chi connectivity index (χ0v) is 9.81. The highest BCUT2D eigenvalue weighted by Crippen LogP contribution is 2.19. The lowest BCUT2D eigenvalue weighted by molar-refractivity contribution is 0.0581. The molecule has 0 fully saturated rings. The average molecular weight is 296 g/mol. The maximum Gasteiger partial charge on any atom is 0.355 e. The summed E-state index contributed by atoms with van der Waals surface area (Å²) in [5.74, 6) is -0.992. The van der Waals surface area contributed by atoms with Crippen LogP contribution in [0, 0.1) is 0 Å². The van der Waals surface area contributed by atoms with E-state index in [0.29, 0.717) is 0 Å². The quantitative estimate of drug-likeness (QED) is 0.685. The van der Waals surface area contributed by atoms with Gasteiger partial charge >= 0.3 is 5.97 Å². The molecule has 1 N–H and O–H groups in total. The molecule has 0 saturated carbocycles. The lowest BCUT2D eigenvalue weighted by Crippen LogP contribution is -2.21. The number of rotatable bonds is 3. The van der Waals surface area contributed by atoms with Gasteiger partial charge in [-0.15, -0.1) is 0 Å². The number of halogens is 3. The Kier molecular flexibility index (Phi) is 4.17. The molecule has 1 rings (SSSR count). The molecule has 0 amide bonds. The number of carbonyl (C=O) groups excluding carboxylic acids is 1. The summed E-state index contributed by atoms with van der Waals surface area (Å²) in [5.41, 5.74) is -2.09. The van der Waals surface area contributed by atoms with E-state index in [2.05, 4.69) is 25.7 Å². The Labute approximate surface area is 97.7 Å². The van der Waals surface area contributed by atoms with Crippen molar-refractivity contribution in [3.63, 3.8) is 0 Å². The van der Waals surface area contributed by atoms with Crippen LogP contribution < -0.4 is 5.43 Å². The number of H-pyrrole nitrogens is 1. The number of nitrogens with one attached hydrogen (secondary N) is 1. The minimum atomic E-state index is -3.03. The minimum Gasteiger partial charge on any atom is -0.464 e. The van der Waals surface area contributed by atoms with Crippen molar-refractivity contribution >= 4 is 21.9 Å². The van der Waals surface area contributed by atoms with Gasteiger partial charge < -0.3 is 9.72 Å². The number of esters is 1. The van der Waals surface area contributed by atoms with Gasteiger partial charge in [-0.05, 0) is 0 Å². The Bertz CT molecular complexity index is 459. The van der Waals surface area contributed by atoms with E-state index in [9.17, 15) is 18.4 Å². The van der Waals surface area contributed by atoms with Crippen molar-refractivity contribution in [1.29, 1.82) is 0 Å². The molecular weight excluding hydrogens is 288 g/mol. The van der Waals surface area contributed by atoms with E-state index in [1.807, 2.05) is 0 Å². The Balaban J connectivity index is 3.47. The summed E-state index contributed by atoms with van der Waals surface area (Å²) in [6.07, 6.45) is -1.83. The molecule has 0 unspecified atom stereocenters. The fourth-order valence-electron chi connectivity index (χ4n) is 1.17. The average Bonchev–Trinajstić information content (AvgIpc) is 2.26. The van der Waals surface area contributed by atoms with Crippen molar-refractivity contribution in [3.05, 3.63) is 33.2 Å². The van der Waals surface area contributed by atoms with Gasteiger partial charge in [-0.25, -0.2) is 13.6 Å². The van der Waals surface area contributed by atoms with Gasteiger partial charge in [-0.1, -0.05) is 15.9 Å². The molecule has 0 bridgehead atoms. The predicted molar refractivity (Wildman–Crippen MR) is 56.0 cm³/mol. The molecule has 4 nitrogen and oxygen atoms in total. The summed E-state index contributed by atoms with van der Waals surface area (Å²) in [6.45, 7) is 0. The molecular formula is C9H8BrF2NO3. The standard InChI is InChI=1S/C9H8BrF2NO3/c1-16-9(15)6-5(8(11)12)7(14)4(2-10)3-13-6/h3,8H,2H2,1H3,(H,13,14). The molecule has 0 aliphatic carbocycles. The van der Waals surface area contributed by atoms with Crippen LogP contribution in [0.4, 0.5) is 8.78 Å². The predicted octanol–water partition coefficient (Wildman–Crippen LogP) is 1.99. The molecule has 1 heterocycles. The molecule has 88 valence electrons. The number of alkyl halides is 3. The third-order valence-corrected chi connectivity index (χ3v) is 2.55. The van der Waals surface area contributed by atoms with Gasteiger partial charge in [0, 0.05) is 17.1 Å². The molecule has 0 aromatic carbocycles. The van der Waals surface area contributed by atoms with Crippen LogP contribution in [0.3, 0.4) is 0 Å². The van der Waals surface area contributed by atoms with Gasteiger partial charge in [0.1, 0.15) is 5.69 Å². The summed E-state index contributed by atoms with van der Waals surface area (Å²) >= 11 is 2.99. The molecule has 0 saturated heterocycles. The summed E-state index contributed by atoms with van der Waals surface area (Å²) in [6, 6.07) is 0. The monoisotopic (exact) mass is 295 g/mol. The van der Waals surface area contributed by atoms with Crippen LogP contribution in [-0.4, -0.2) is 18.1 Å². The first-order valence-corrected chi connectivity index (χ1v) is 5.32. The van der Waals surface area contributed by atoms with Crippen LogP contribution in [0.5, 0.6) is 0 Å². The Morgan fingerprint density at radius 3 is 2.69 bits per heavy atom. The normalized spacial score (nSPS) is 10.6. The lowest BCUT2D eigenvalue weighted by Gasteiger charge is -2.07. The third kappa shape index (κ3) is 2.29. The maximum absolute atomic E-state index is 12.7. The number of aromatic nitrogens is 1. The highest BCUT2D eigenvalue weighted by Gasteiger charge is 2.24. The number of hydrogen-bond donors (Lipinski definition) is 1. The second-order valence-corrected chi connectivity index (χ2v) is 3.42. The van der Waals surface area contributed by atoms with Gasteiger partial charge in [0.2, 0.25) is 0 Å². The van der Waals surface area contributed by atoms with Crippen molar-refractivity contribution in [2.45, 2.75) is 11.8 Å². The van der Waals surface area contributed by atoms with Crippen LogP contribution in [0.25, 0.3) is 0 Å². The number of ether oxygens (including phenoxy) is 1. The number of pyridine rings is 1. The Hall–Kier alpha value is -1.24. The van der Waals surface area contributed by atoms with Gasteiger partial charge in [0.25, 0.3) is 6.43 Å². The largest absolute Gasteiger partial charge is 0.464 e. The highest BCUT2D eigenvalue weighted by molar-refractivity contribution is 9.08. The van der Waals surface area contributed by atoms with Crippen LogP contribution >= 0.6 is 15.9 Å². The number of methoxy groups -OCH3 is 1. The number of aromatic amines is 1. The molecule has 1 aromatic heterocycles. The summed E-state index contributed by atoms with van der Waals surface area (Å²) < 4.78 is 29.6. The molecule has 0 radical (unpaired) electrons. The van der Waals surface area contributed by atoms with Crippen LogP contribution in [0.1, 0.15) is 28.0 Å². The molecule has 0 aliphatic rings. The topological polar surface area (TPSA) is 59.2 Å². The van der Waals surface area contributed by atoms with Crippen molar-refractivity contribution in [1.82, 2.24) is 4.98 Å². The van der Waals surface area contributed by atoms with E-state index in [1.165, 1.54) is 6.20 Å². The van der Waals surface area contributed by atoms with Gasteiger partial charge in [0.05, 0.1) is 12.7 Å². The lowest BCUT2D eigenvalue weighted by atomic mass is 10.1. The summed E-state index contributed by atoms with van der Waals surface area (Å²) in [5, 5.41) is 0.128. The van der Waals surface area contributed by atoms with E-state index in [-0.39, 0.29) is 10.9 Å². The smallest absolute Gasteiger partial charge is 0.355 e. The molecule has 0 atom stereocenters. The van der Waals surface area contributed by atoms with Crippen molar-refractivity contribution in [3.8, 4) is 0 Å². The van der Waals surface area contributed by atoms with Crippen molar-refractivity contribution in [2.24, 2.45) is 0 Å². The van der Waals surface area contributed by atoms with E-state index >= 15 is 0 Å². The fourth-order valence-corrected chi connectivity index (χ4v) is 1.58. The molecule has 1 aromatic rings. The Morgan fingerprint density at radius 2 is 2.25 bits per heavy atom. The maximum atomic E-state index is 12.7. The second-order valence-electron chi connectivity index (χ2n) is 2.86. The molecule has 16 heavy (non-hydrogen) atoms. The van der Waals surface area contributed by atoms with Gasteiger partial charge in [-0.3, -0.25) is 4.79 Å². The van der Waals surface area contributed by atoms with E-state index in [1.54, 1.807) is 0 Å². The third-order valence-electron chi connectivity index (χ3n) is 1.95. The van der Waals surface area contributed by atoms with Crippen molar-refractivity contribution < 1.29 is 18.3 Å². The first-order valence-electron chi connectivity index (χ1n) is 4.19. The first kappa shape index (κ1) is 12.8. The Morgan fingerprint density at radius 1 is 1.62 bits per heavy atom. The van der Waals surface area contributed by atoms with Crippen LogP contribution in [-0.2, 0) is 10.1 Å². The zero-order chi connectivity index (χ0) is 12.3. The fraction of sp³-hybridized carbons (Fsp3) is 0.333.